The van der Waals surface area contributed by atoms with E-state index in [9.17, 15) is 0 Å². The molecule has 0 heterocycles. The molecule has 0 fully saturated rings. The molecule has 3 atom stereocenters. The van der Waals surface area contributed by atoms with Crippen molar-refractivity contribution in [2.24, 2.45) is 11.8 Å². The van der Waals surface area contributed by atoms with E-state index in [0.29, 0.717) is 16.9 Å². The van der Waals surface area contributed by atoms with E-state index >= 15 is 0 Å². The number of rotatable bonds is 6. The Morgan fingerprint density at radius 2 is 1.61 bits per heavy atom. The molecule has 2 aliphatic rings. The molecule has 170 valence electrons. The van der Waals surface area contributed by atoms with Crippen LogP contribution in [0.2, 0.25) is 0 Å². The van der Waals surface area contributed by atoms with Gasteiger partial charge in [-0.1, -0.05) is 111 Å². The van der Waals surface area contributed by atoms with Crippen molar-refractivity contribution in [1.82, 2.24) is 10.6 Å². The van der Waals surface area contributed by atoms with E-state index in [1.54, 1.807) is 0 Å². The first-order valence-electron chi connectivity index (χ1n) is 11.9. The minimum absolute atomic E-state index is 0.163. The van der Waals surface area contributed by atoms with Crippen LogP contribution >= 0.6 is 12.2 Å². The molecule has 0 spiro atoms. The number of benzene rings is 2. The molecular weight excluding hydrogens is 420 g/mol. The van der Waals surface area contributed by atoms with Gasteiger partial charge >= 0.3 is 0 Å². The van der Waals surface area contributed by atoms with Crippen molar-refractivity contribution < 1.29 is 0 Å². The highest BCUT2D eigenvalue weighted by Crippen LogP contribution is 2.40. The largest absolute Gasteiger partial charge is 0.357 e. The fourth-order valence-corrected chi connectivity index (χ4v) is 5.21. The monoisotopic (exact) mass is 454 g/mol. The average molecular weight is 455 g/mol. The predicted octanol–water partition coefficient (Wildman–Crippen LogP) is 6.83. The third kappa shape index (κ3) is 5.20. The molecule has 2 nitrogen and oxygen atoms in total. The summed E-state index contributed by atoms with van der Waals surface area (Å²) in [6.45, 7) is 6.72. The Morgan fingerprint density at radius 3 is 2.18 bits per heavy atom. The predicted molar refractivity (Wildman–Crippen MR) is 144 cm³/mol. The quantitative estimate of drug-likeness (QED) is 0.468. The van der Waals surface area contributed by atoms with E-state index in [2.05, 4.69) is 129 Å². The molecule has 0 radical (unpaired) electrons. The minimum atomic E-state index is -0.578. The normalized spacial score (nSPS) is 21.1. The van der Waals surface area contributed by atoms with Crippen LogP contribution in [0, 0.1) is 11.8 Å². The number of hydrogen-bond donors (Lipinski definition) is 2. The molecular formula is C30H34N2S. The summed E-state index contributed by atoms with van der Waals surface area (Å²) in [5.74, 6) is 1.03. The summed E-state index contributed by atoms with van der Waals surface area (Å²) in [7, 11) is 0. The van der Waals surface area contributed by atoms with Gasteiger partial charge in [0.2, 0.25) is 0 Å². The maximum absolute atomic E-state index is 5.96. The molecule has 4 rings (SSSR count). The number of nitrogens with one attached hydrogen (secondary N) is 2. The lowest BCUT2D eigenvalue weighted by molar-refractivity contribution is 0.542. The summed E-state index contributed by atoms with van der Waals surface area (Å²) < 4.78 is 0. The molecule has 2 N–H and O–H groups in total. The van der Waals surface area contributed by atoms with Crippen LogP contribution < -0.4 is 10.6 Å². The summed E-state index contributed by atoms with van der Waals surface area (Å²) in [5.41, 5.74) is 4.37. The molecule has 0 aliphatic heterocycles. The van der Waals surface area contributed by atoms with Crippen LogP contribution in [-0.2, 0) is 5.54 Å². The molecule has 33 heavy (non-hydrogen) atoms. The zero-order valence-electron chi connectivity index (χ0n) is 19.8. The van der Waals surface area contributed by atoms with E-state index in [1.165, 1.54) is 22.3 Å². The highest BCUT2D eigenvalue weighted by Gasteiger charge is 2.39. The Bertz CT molecular complexity index is 1040. The highest BCUT2D eigenvalue weighted by atomic mass is 32.1. The maximum atomic E-state index is 5.96. The first-order valence-corrected chi connectivity index (χ1v) is 12.4. The van der Waals surface area contributed by atoms with Gasteiger partial charge in [-0.25, -0.2) is 0 Å². The fourth-order valence-electron chi connectivity index (χ4n) is 4.88. The lowest BCUT2D eigenvalue weighted by Gasteiger charge is -2.40. The van der Waals surface area contributed by atoms with Crippen molar-refractivity contribution in [3.05, 3.63) is 119 Å². The second-order valence-corrected chi connectivity index (χ2v) is 9.76. The molecule has 0 amide bonds. The lowest BCUT2D eigenvalue weighted by atomic mass is 9.74. The zero-order valence-corrected chi connectivity index (χ0v) is 20.6. The molecule has 0 aromatic heterocycles. The third-order valence-electron chi connectivity index (χ3n) is 6.63. The van der Waals surface area contributed by atoms with Crippen LogP contribution in [0.25, 0.3) is 0 Å². The van der Waals surface area contributed by atoms with Crippen LogP contribution in [0.5, 0.6) is 0 Å². The Balaban J connectivity index is 1.74. The van der Waals surface area contributed by atoms with Crippen LogP contribution in [0.15, 0.2) is 108 Å². The summed E-state index contributed by atoms with van der Waals surface area (Å²) in [5, 5.41) is 8.03. The second-order valence-electron chi connectivity index (χ2n) is 9.35. The smallest absolute Gasteiger partial charge is 0.167 e. The molecule has 3 unspecified atom stereocenters. The molecule has 0 bridgehead atoms. The van der Waals surface area contributed by atoms with Crippen molar-refractivity contribution in [3.8, 4) is 0 Å². The van der Waals surface area contributed by atoms with Gasteiger partial charge in [0.25, 0.3) is 0 Å². The van der Waals surface area contributed by atoms with E-state index < -0.39 is 5.54 Å². The average Bonchev–Trinajstić information content (AvgIpc) is 2.83. The summed E-state index contributed by atoms with van der Waals surface area (Å²) in [6.07, 6.45) is 15.7. The minimum Gasteiger partial charge on any atom is -0.357 e. The molecule has 0 saturated heterocycles. The third-order valence-corrected chi connectivity index (χ3v) is 6.85. The SMILES string of the molecule is CC1C=C(C(NC(=S)NC(C)C2=CC=CC(C)C2)(c2ccccc2)c2ccccc2)C=CC1. The Morgan fingerprint density at radius 1 is 0.970 bits per heavy atom. The summed E-state index contributed by atoms with van der Waals surface area (Å²) in [6, 6.07) is 21.5. The summed E-state index contributed by atoms with van der Waals surface area (Å²) >= 11 is 5.96. The van der Waals surface area contributed by atoms with Crippen LogP contribution in [0.1, 0.15) is 44.7 Å². The van der Waals surface area contributed by atoms with Gasteiger partial charge in [-0.3, -0.25) is 0 Å². The maximum Gasteiger partial charge on any atom is 0.167 e. The summed E-state index contributed by atoms with van der Waals surface area (Å²) in [4.78, 5) is 0. The van der Waals surface area contributed by atoms with Gasteiger partial charge in [0.1, 0.15) is 5.54 Å². The number of thiocarbonyl (C=S) groups is 1. The standard InChI is InChI=1S/C30H34N2S/c1-22-12-10-14-25(20-22)24(3)31-29(33)32-30(26-15-6-4-7-16-26,27-17-8-5-9-18-27)28-19-11-13-23(2)21-28/h4-12,14-19,21-24H,13,20H2,1-3H3,(H2,31,32,33). The van der Waals surface area contributed by atoms with Gasteiger partial charge in [-0.05, 0) is 66.1 Å². The number of allylic oxidation sites excluding steroid dienone is 5. The van der Waals surface area contributed by atoms with Crippen LogP contribution in [-0.4, -0.2) is 11.2 Å². The van der Waals surface area contributed by atoms with Gasteiger partial charge in [0, 0.05) is 6.04 Å². The van der Waals surface area contributed by atoms with Gasteiger partial charge in [-0.15, -0.1) is 0 Å². The second kappa shape index (κ2) is 10.4. The van der Waals surface area contributed by atoms with Crippen molar-refractivity contribution in [2.75, 3.05) is 0 Å². The van der Waals surface area contributed by atoms with Gasteiger partial charge in [-0.2, -0.15) is 0 Å². The van der Waals surface area contributed by atoms with Crippen molar-refractivity contribution in [1.29, 1.82) is 0 Å². The molecule has 0 saturated carbocycles. The molecule has 2 aromatic carbocycles. The van der Waals surface area contributed by atoms with Crippen molar-refractivity contribution in [2.45, 2.75) is 45.2 Å². The molecule has 2 aliphatic carbocycles. The first kappa shape index (κ1) is 23.3. The Hall–Kier alpha value is -2.91. The van der Waals surface area contributed by atoms with Crippen molar-refractivity contribution >= 4 is 17.3 Å². The van der Waals surface area contributed by atoms with Crippen LogP contribution in [0.3, 0.4) is 0 Å². The first-order chi connectivity index (χ1) is 16.0. The van der Waals surface area contributed by atoms with E-state index in [0.717, 1.165) is 12.8 Å². The zero-order chi connectivity index (χ0) is 23.3. The van der Waals surface area contributed by atoms with Crippen LogP contribution in [0.4, 0.5) is 0 Å². The topological polar surface area (TPSA) is 24.1 Å². The van der Waals surface area contributed by atoms with Gasteiger partial charge in [0.15, 0.2) is 5.11 Å². The Kier molecular flexibility index (Phi) is 7.29. The fraction of sp³-hybridized carbons (Fsp3) is 0.300. The number of hydrogen-bond acceptors (Lipinski definition) is 1. The highest BCUT2D eigenvalue weighted by molar-refractivity contribution is 7.80. The van der Waals surface area contributed by atoms with Crippen molar-refractivity contribution in [3.63, 3.8) is 0 Å². The van der Waals surface area contributed by atoms with E-state index in [1.807, 2.05) is 0 Å². The van der Waals surface area contributed by atoms with Gasteiger partial charge < -0.3 is 10.6 Å². The van der Waals surface area contributed by atoms with Gasteiger partial charge in [0.05, 0.1) is 0 Å². The van der Waals surface area contributed by atoms with E-state index in [4.69, 9.17) is 12.2 Å². The molecule has 3 heteroatoms. The Labute approximate surface area is 204 Å². The molecule has 2 aromatic rings. The van der Waals surface area contributed by atoms with E-state index in [-0.39, 0.29) is 6.04 Å². The lowest BCUT2D eigenvalue weighted by Crippen LogP contribution is -2.53.